The lowest BCUT2D eigenvalue weighted by Crippen LogP contribution is -2.60. The first-order valence-corrected chi connectivity index (χ1v) is 21.7. The summed E-state index contributed by atoms with van der Waals surface area (Å²) in [6, 6.07) is 5.67. The molecule has 0 unspecified atom stereocenters. The molecule has 2 saturated heterocycles. The van der Waals surface area contributed by atoms with Crippen LogP contribution in [0.1, 0.15) is 37.1 Å². The molecule has 362 valence electrons. The number of carbonyl (C=O) groups excluding carboxylic acids is 2. The maximum atomic E-state index is 14.7. The van der Waals surface area contributed by atoms with Crippen molar-refractivity contribution < 1.29 is 98.2 Å². The molecule has 6 heterocycles. The lowest BCUT2D eigenvalue weighted by Gasteiger charge is -2.43. The second-order valence-electron chi connectivity index (χ2n) is 17.6. The molecule has 66 heavy (non-hydrogen) atoms. The van der Waals surface area contributed by atoms with E-state index in [-0.39, 0.29) is 30.4 Å². The van der Waals surface area contributed by atoms with E-state index in [1.54, 1.807) is 6.92 Å². The summed E-state index contributed by atoms with van der Waals surface area (Å²) >= 11 is 0. The van der Waals surface area contributed by atoms with Crippen LogP contribution >= 0.6 is 0 Å². The van der Waals surface area contributed by atoms with E-state index in [1.165, 1.54) is 13.2 Å². The Morgan fingerprint density at radius 3 is 2.03 bits per heavy atom. The Kier molecular flexibility index (Phi) is 14.2. The highest BCUT2D eigenvalue weighted by Gasteiger charge is 2.56. The Morgan fingerprint density at radius 2 is 1.42 bits per heavy atom. The van der Waals surface area contributed by atoms with Gasteiger partial charge in [0.1, 0.15) is 61.0 Å². The third kappa shape index (κ3) is 8.75. The topological polar surface area (TPSA) is 335 Å². The minimum atomic E-state index is -1.80. The fraction of sp³-hybridized carbons (Fsp3) is 0.614. The summed E-state index contributed by atoms with van der Waals surface area (Å²) in [6.07, 6.45) is -15.9. The van der Waals surface area contributed by atoms with E-state index in [4.69, 9.17) is 37.9 Å². The molecule has 8 rings (SSSR count). The highest BCUT2D eigenvalue weighted by Crippen LogP contribution is 2.50. The molecule has 22 heteroatoms. The van der Waals surface area contributed by atoms with Crippen molar-refractivity contribution in [1.82, 2.24) is 10.3 Å². The van der Waals surface area contributed by atoms with Gasteiger partial charge in [-0.1, -0.05) is 31.2 Å². The van der Waals surface area contributed by atoms with Crippen molar-refractivity contribution in [3.63, 3.8) is 0 Å². The number of carbonyl (C=O) groups is 3. The second kappa shape index (κ2) is 19.6. The summed E-state index contributed by atoms with van der Waals surface area (Å²) < 4.78 is 46.5. The predicted octanol–water partition coefficient (Wildman–Crippen LogP) is -1.91. The van der Waals surface area contributed by atoms with Gasteiger partial charge in [0.05, 0.1) is 44.0 Å². The van der Waals surface area contributed by atoms with Crippen LogP contribution in [0.2, 0.25) is 0 Å². The van der Waals surface area contributed by atoms with Gasteiger partial charge in [-0.3, -0.25) is 10.1 Å². The van der Waals surface area contributed by atoms with E-state index >= 15 is 0 Å². The number of para-hydroxylation sites is 1. The molecular weight excluding hydrogens is 876 g/mol. The average molecular weight is 933 g/mol. The summed E-state index contributed by atoms with van der Waals surface area (Å²) in [5, 5.41) is 97.2. The number of hydrogen-bond acceptors (Lipinski definition) is 20. The molecule has 2 aromatic rings. The fourth-order valence-electron chi connectivity index (χ4n) is 10.3. The molecule has 1 aliphatic carbocycles. The third-order valence-corrected chi connectivity index (χ3v) is 13.9. The van der Waals surface area contributed by atoms with E-state index in [1.807, 2.05) is 24.3 Å². The molecule has 1 saturated carbocycles. The minimum Gasteiger partial charge on any atom is -0.480 e. The Hall–Kier alpha value is -4.53. The molecule has 1 aromatic heterocycles. The monoisotopic (exact) mass is 932 g/mol. The van der Waals surface area contributed by atoms with Crippen molar-refractivity contribution >= 4 is 28.8 Å². The molecule has 20 atom stereocenters. The molecule has 6 aliphatic rings. The van der Waals surface area contributed by atoms with Crippen LogP contribution in [0.3, 0.4) is 0 Å². The highest BCUT2D eigenvalue weighted by atomic mass is 16.8. The van der Waals surface area contributed by atoms with Crippen molar-refractivity contribution in [3.05, 3.63) is 71.8 Å². The molecule has 0 amide bonds. The summed E-state index contributed by atoms with van der Waals surface area (Å²) in [5.74, 6) is -6.71. The van der Waals surface area contributed by atoms with Gasteiger partial charge in [-0.25, -0.2) is 9.59 Å². The Balaban J connectivity index is 1.10. The number of aliphatic hydroxyl groups excluding tert-OH is 8. The number of methoxy groups -OCH3 is 1. The summed E-state index contributed by atoms with van der Waals surface area (Å²) in [7, 11) is 1.18. The molecule has 22 nitrogen and oxygen atoms in total. The van der Waals surface area contributed by atoms with E-state index < -0.39 is 153 Å². The molecule has 11 N–H and O–H groups in total. The van der Waals surface area contributed by atoms with Gasteiger partial charge < -0.3 is 88.8 Å². The van der Waals surface area contributed by atoms with Gasteiger partial charge in [0.2, 0.25) is 12.6 Å². The van der Waals surface area contributed by atoms with Gasteiger partial charge in [-0.05, 0) is 24.5 Å². The van der Waals surface area contributed by atoms with Crippen molar-refractivity contribution in [2.75, 3.05) is 20.3 Å². The smallest absolute Gasteiger partial charge is 0.337 e. The fourth-order valence-corrected chi connectivity index (χ4v) is 10.3. The number of H-pyrrole nitrogens is 1. The van der Waals surface area contributed by atoms with Crippen LogP contribution in [0.4, 0.5) is 0 Å². The van der Waals surface area contributed by atoms with Crippen LogP contribution < -0.4 is 5.32 Å². The summed E-state index contributed by atoms with van der Waals surface area (Å²) in [5.41, 5.74) is 2.29. The number of esters is 2. The van der Waals surface area contributed by atoms with Gasteiger partial charge in [-0.2, -0.15) is 0 Å². The number of rotatable bonds is 13. The number of aliphatic carboxylic acids is 1. The average Bonchev–Trinajstić information content (AvgIpc) is 3.86. The summed E-state index contributed by atoms with van der Waals surface area (Å²) in [6.45, 7) is 4.29. The number of aromatic amines is 1. The highest BCUT2D eigenvalue weighted by molar-refractivity contribution is 5.90. The van der Waals surface area contributed by atoms with Crippen LogP contribution in [0.25, 0.3) is 10.9 Å². The molecule has 0 spiro atoms. The van der Waals surface area contributed by atoms with Gasteiger partial charge in [-0.15, -0.1) is 6.58 Å². The van der Waals surface area contributed by atoms with Gasteiger partial charge in [0.25, 0.3) is 0 Å². The standard InChI is InChI=1S/C44H56N2O20/c1-4-17-19(9-25-31-21(10-26(45-25)38(55)56)18-7-5-6-8-24(18)46-31)22(14-60-41(17)65-43-36(53)34(51)32(49)28(12-47)63-43)40(58)62-27-11-20-23(39(57)59-3)15-61-42(30(20)16(27)2)66-44-37(54)35(52)33(50)29(13-48)64-44/h4-8,14-17,19-20,25-30,32-37,41-54H,1,9-13H2,2-3H3,(H,55,56)/t16-,17+,19-,20+,25-,26-,27-,28+,29+,30+,32+,33+,34-,35-,36+,37+,41-,42-,43-,44-/m0/s1. The molecular formula is C44H56N2O20. The number of ether oxygens (including phenoxy) is 8. The van der Waals surface area contributed by atoms with E-state index in [0.717, 1.165) is 29.0 Å². The van der Waals surface area contributed by atoms with Gasteiger partial charge in [0, 0.05) is 58.6 Å². The van der Waals surface area contributed by atoms with Crippen molar-refractivity contribution in [2.45, 2.75) is 118 Å². The lowest BCUT2D eigenvalue weighted by molar-refractivity contribution is -0.342. The number of carboxylic acid groups (broad SMARTS) is 1. The van der Waals surface area contributed by atoms with Crippen LogP contribution in [-0.4, -0.2) is 175 Å². The first-order valence-electron chi connectivity index (χ1n) is 21.7. The normalized spacial score (nSPS) is 41.0. The number of aliphatic hydroxyl groups is 8. The molecule has 0 radical (unpaired) electrons. The number of benzene rings is 1. The van der Waals surface area contributed by atoms with Gasteiger partial charge in [0.15, 0.2) is 12.6 Å². The molecule has 3 fully saturated rings. The zero-order valence-corrected chi connectivity index (χ0v) is 35.8. The Bertz CT molecular complexity index is 2180. The minimum absolute atomic E-state index is 0.0165. The van der Waals surface area contributed by atoms with E-state index in [2.05, 4.69) is 16.9 Å². The third-order valence-electron chi connectivity index (χ3n) is 13.9. The number of nitrogens with one attached hydrogen (secondary N) is 2. The number of fused-ring (bicyclic) bond motifs is 4. The molecule has 5 aliphatic heterocycles. The molecule has 0 bridgehead atoms. The lowest BCUT2D eigenvalue weighted by atomic mass is 9.77. The van der Waals surface area contributed by atoms with Crippen LogP contribution in [0.15, 0.2) is 60.6 Å². The quantitative estimate of drug-likeness (QED) is 0.0771. The Morgan fingerprint density at radius 1 is 0.818 bits per heavy atom. The number of aromatic nitrogens is 1. The Labute approximate surface area is 376 Å². The van der Waals surface area contributed by atoms with Crippen LogP contribution in [-0.2, 0) is 58.7 Å². The van der Waals surface area contributed by atoms with Crippen LogP contribution in [0, 0.1) is 29.6 Å². The predicted molar refractivity (Wildman–Crippen MR) is 219 cm³/mol. The largest absolute Gasteiger partial charge is 0.480 e. The van der Waals surface area contributed by atoms with Crippen molar-refractivity contribution in [3.8, 4) is 0 Å². The van der Waals surface area contributed by atoms with Crippen molar-refractivity contribution in [2.24, 2.45) is 29.6 Å². The van der Waals surface area contributed by atoms with Crippen molar-refractivity contribution in [1.29, 1.82) is 0 Å². The zero-order chi connectivity index (χ0) is 47.3. The zero-order valence-electron chi connectivity index (χ0n) is 35.8. The number of carboxylic acids is 1. The first kappa shape index (κ1) is 47.9. The maximum absolute atomic E-state index is 14.7. The maximum Gasteiger partial charge on any atom is 0.337 e. The van der Waals surface area contributed by atoms with Gasteiger partial charge >= 0.3 is 17.9 Å². The second-order valence-corrected chi connectivity index (χ2v) is 17.6. The summed E-state index contributed by atoms with van der Waals surface area (Å²) in [4.78, 5) is 43.8. The van der Waals surface area contributed by atoms with E-state index in [9.17, 15) is 60.3 Å². The molecule has 1 aromatic carbocycles. The van der Waals surface area contributed by atoms with Crippen LogP contribution in [0.5, 0.6) is 0 Å². The van der Waals surface area contributed by atoms with E-state index in [0.29, 0.717) is 5.69 Å². The first-order chi connectivity index (χ1) is 31.6. The number of hydrogen-bond donors (Lipinski definition) is 11. The SMILES string of the molecule is C=C[C@H]1[C@H](O[C@@H]2O[C@H](CO)[C@@H](O)[C@H](O)[C@H]2O)OC=C(C(=O)O[C@H]2C[C@@H]3C(C(=O)OC)=CO[C@@H](O[C@@H]4O[C@H](CO)[C@@H](O)[C@H](O)[C@H]4O)[C@@H]3[C@H]2C)[C@H]1C[C@@H]1N[C@H](C(=O)O)Cc2c1[nH]c1ccccc21.